The van der Waals surface area contributed by atoms with Crippen LogP contribution in [0.15, 0.2) is 12.1 Å². The smallest absolute Gasteiger partial charge is 0.294 e. The number of nitro benzene ring substituents is 1. The van der Waals surface area contributed by atoms with E-state index < -0.39 is 4.92 Å². The SMILES string of the molecule is O=[N+]([O-])c1c(Cl)ccc2c1CCO2. The topological polar surface area (TPSA) is 52.4 Å². The van der Waals surface area contributed by atoms with Crippen LogP contribution in [0.5, 0.6) is 5.75 Å². The summed E-state index contributed by atoms with van der Waals surface area (Å²) in [7, 11) is 0. The molecule has 0 aliphatic carbocycles. The Balaban J connectivity index is 2.65. The molecule has 0 bridgehead atoms. The van der Waals surface area contributed by atoms with Crippen LogP contribution in [0.25, 0.3) is 0 Å². The van der Waals surface area contributed by atoms with Gasteiger partial charge in [-0.1, -0.05) is 11.6 Å². The third-order valence-electron chi connectivity index (χ3n) is 1.98. The van der Waals surface area contributed by atoms with E-state index >= 15 is 0 Å². The highest BCUT2D eigenvalue weighted by atomic mass is 35.5. The number of fused-ring (bicyclic) bond motifs is 1. The predicted octanol–water partition coefficient (Wildman–Crippen LogP) is 2.18. The zero-order valence-corrected chi connectivity index (χ0v) is 7.37. The van der Waals surface area contributed by atoms with Crippen molar-refractivity contribution in [1.29, 1.82) is 0 Å². The molecule has 0 radical (unpaired) electrons. The Morgan fingerprint density at radius 3 is 3.00 bits per heavy atom. The lowest BCUT2D eigenvalue weighted by atomic mass is 10.1. The summed E-state index contributed by atoms with van der Waals surface area (Å²) in [6.07, 6.45) is 0.562. The molecule has 1 heterocycles. The molecule has 1 aliphatic heterocycles. The van der Waals surface area contributed by atoms with Crippen molar-refractivity contribution in [2.75, 3.05) is 6.61 Å². The number of benzene rings is 1. The Morgan fingerprint density at radius 1 is 1.54 bits per heavy atom. The minimum Gasteiger partial charge on any atom is -0.493 e. The fourth-order valence-corrected chi connectivity index (χ4v) is 1.67. The Morgan fingerprint density at radius 2 is 2.31 bits per heavy atom. The van der Waals surface area contributed by atoms with E-state index in [0.717, 1.165) is 0 Å². The number of halogens is 1. The van der Waals surface area contributed by atoms with Crippen molar-refractivity contribution in [2.45, 2.75) is 6.42 Å². The Kier molecular flexibility index (Phi) is 1.84. The molecule has 0 saturated heterocycles. The van der Waals surface area contributed by atoms with Crippen LogP contribution in [0.2, 0.25) is 5.02 Å². The van der Waals surface area contributed by atoms with Gasteiger partial charge in [0.15, 0.2) is 0 Å². The van der Waals surface area contributed by atoms with Gasteiger partial charge in [-0.2, -0.15) is 0 Å². The van der Waals surface area contributed by atoms with Crippen LogP contribution >= 0.6 is 11.6 Å². The Hall–Kier alpha value is -1.29. The van der Waals surface area contributed by atoms with Crippen LogP contribution < -0.4 is 4.74 Å². The molecule has 5 heteroatoms. The fourth-order valence-electron chi connectivity index (χ4n) is 1.43. The van der Waals surface area contributed by atoms with Gasteiger partial charge in [-0.25, -0.2) is 0 Å². The second-order valence-corrected chi connectivity index (χ2v) is 3.14. The van der Waals surface area contributed by atoms with E-state index in [9.17, 15) is 10.1 Å². The van der Waals surface area contributed by atoms with Crippen molar-refractivity contribution in [3.8, 4) is 5.75 Å². The van der Waals surface area contributed by atoms with Gasteiger partial charge >= 0.3 is 0 Å². The van der Waals surface area contributed by atoms with E-state index in [1.807, 2.05) is 0 Å². The number of hydrogen-bond acceptors (Lipinski definition) is 3. The van der Waals surface area contributed by atoms with Gasteiger partial charge in [0.1, 0.15) is 10.8 Å². The van der Waals surface area contributed by atoms with Gasteiger partial charge < -0.3 is 4.74 Å². The number of nitrogens with zero attached hydrogens (tertiary/aromatic N) is 1. The van der Waals surface area contributed by atoms with Crippen LogP contribution in [0.1, 0.15) is 5.56 Å². The maximum atomic E-state index is 10.6. The average Bonchev–Trinajstić information content (AvgIpc) is 2.50. The van der Waals surface area contributed by atoms with E-state index in [1.165, 1.54) is 6.07 Å². The second kappa shape index (κ2) is 2.88. The summed E-state index contributed by atoms with van der Waals surface area (Å²) < 4.78 is 5.18. The summed E-state index contributed by atoms with van der Waals surface area (Å²) in [5.41, 5.74) is 0.592. The van der Waals surface area contributed by atoms with E-state index in [2.05, 4.69) is 0 Å². The highest BCUT2D eigenvalue weighted by Gasteiger charge is 2.26. The minimum atomic E-state index is -0.462. The molecule has 0 unspecified atom stereocenters. The van der Waals surface area contributed by atoms with Crippen LogP contribution in [-0.2, 0) is 6.42 Å². The zero-order chi connectivity index (χ0) is 9.42. The third-order valence-corrected chi connectivity index (χ3v) is 2.29. The molecule has 68 valence electrons. The molecular formula is C8H6ClNO3. The minimum absolute atomic E-state index is 0.0170. The molecule has 0 aromatic heterocycles. The molecule has 1 aliphatic rings. The molecule has 13 heavy (non-hydrogen) atoms. The highest BCUT2D eigenvalue weighted by Crippen LogP contribution is 2.38. The molecular weight excluding hydrogens is 194 g/mol. The Bertz CT molecular complexity index is 378. The monoisotopic (exact) mass is 199 g/mol. The van der Waals surface area contributed by atoms with Crippen LogP contribution in [0, 0.1) is 10.1 Å². The maximum absolute atomic E-state index is 10.6. The van der Waals surface area contributed by atoms with E-state index in [-0.39, 0.29) is 10.7 Å². The first kappa shape index (κ1) is 8.31. The molecule has 0 spiro atoms. The van der Waals surface area contributed by atoms with Crippen LogP contribution in [-0.4, -0.2) is 11.5 Å². The van der Waals surface area contributed by atoms with Gasteiger partial charge in [0.05, 0.1) is 17.1 Å². The lowest BCUT2D eigenvalue weighted by Gasteiger charge is -2.00. The number of ether oxygens (including phenoxy) is 1. The molecule has 2 rings (SSSR count). The van der Waals surface area contributed by atoms with Crippen molar-refractivity contribution in [3.63, 3.8) is 0 Å². The van der Waals surface area contributed by atoms with E-state index in [4.69, 9.17) is 16.3 Å². The van der Waals surface area contributed by atoms with Gasteiger partial charge in [-0.05, 0) is 12.1 Å². The van der Waals surface area contributed by atoms with Crippen molar-refractivity contribution in [1.82, 2.24) is 0 Å². The van der Waals surface area contributed by atoms with Crippen molar-refractivity contribution in [2.24, 2.45) is 0 Å². The van der Waals surface area contributed by atoms with E-state index in [1.54, 1.807) is 6.07 Å². The predicted molar refractivity (Wildman–Crippen MR) is 47.3 cm³/mol. The lowest BCUT2D eigenvalue weighted by Crippen LogP contribution is -1.94. The molecule has 0 fully saturated rings. The molecule has 4 nitrogen and oxygen atoms in total. The molecule has 1 aromatic carbocycles. The van der Waals surface area contributed by atoms with Crippen molar-refractivity contribution >= 4 is 17.3 Å². The summed E-state index contributed by atoms with van der Waals surface area (Å²) in [5, 5.41) is 10.8. The summed E-state index contributed by atoms with van der Waals surface area (Å²) in [5.74, 6) is 0.580. The van der Waals surface area contributed by atoms with Gasteiger partial charge in [0.2, 0.25) is 0 Å². The summed E-state index contributed by atoms with van der Waals surface area (Å²) in [6, 6.07) is 3.15. The summed E-state index contributed by atoms with van der Waals surface area (Å²) in [4.78, 5) is 10.2. The zero-order valence-electron chi connectivity index (χ0n) is 6.62. The van der Waals surface area contributed by atoms with Crippen molar-refractivity contribution < 1.29 is 9.66 Å². The Labute approximate surface area is 79.2 Å². The lowest BCUT2D eigenvalue weighted by molar-refractivity contribution is -0.385. The number of hydrogen-bond donors (Lipinski definition) is 0. The van der Waals surface area contributed by atoms with Crippen LogP contribution in [0.3, 0.4) is 0 Å². The maximum Gasteiger partial charge on any atom is 0.294 e. The highest BCUT2D eigenvalue weighted by molar-refractivity contribution is 6.32. The quantitative estimate of drug-likeness (QED) is 0.515. The first-order valence-corrected chi connectivity index (χ1v) is 4.16. The molecule has 0 amide bonds. The van der Waals surface area contributed by atoms with E-state index in [0.29, 0.717) is 24.3 Å². The summed E-state index contributed by atoms with van der Waals surface area (Å²) in [6.45, 7) is 0.497. The van der Waals surface area contributed by atoms with Crippen molar-refractivity contribution in [3.05, 3.63) is 32.8 Å². The summed E-state index contributed by atoms with van der Waals surface area (Å²) >= 11 is 5.71. The van der Waals surface area contributed by atoms with Crippen LogP contribution in [0.4, 0.5) is 5.69 Å². The molecule has 0 saturated carbocycles. The number of rotatable bonds is 1. The largest absolute Gasteiger partial charge is 0.493 e. The third kappa shape index (κ3) is 1.23. The van der Waals surface area contributed by atoms with Gasteiger partial charge in [0, 0.05) is 6.42 Å². The molecule has 0 atom stereocenters. The first-order chi connectivity index (χ1) is 6.20. The molecule has 0 N–H and O–H groups in total. The van der Waals surface area contributed by atoms with Gasteiger partial charge in [-0.3, -0.25) is 10.1 Å². The fraction of sp³-hybridized carbons (Fsp3) is 0.250. The normalized spacial score (nSPS) is 13.6. The molecule has 1 aromatic rings. The van der Waals surface area contributed by atoms with Gasteiger partial charge in [0.25, 0.3) is 5.69 Å². The standard InChI is InChI=1S/C8H6ClNO3/c9-6-1-2-7-5(3-4-13-7)8(6)10(11)12/h1-2H,3-4H2. The van der Waals surface area contributed by atoms with Gasteiger partial charge in [-0.15, -0.1) is 0 Å². The number of nitro groups is 1. The first-order valence-electron chi connectivity index (χ1n) is 3.78. The second-order valence-electron chi connectivity index (χ2n) is 2.73. The average molecular weight is 200 g/mol.